The molecule has 0 saturated heterocycles. The topological polar surface area (TPSA) is 21.3 Å². The second-order valence-electron chi connectivity index (χ2n) is 3.52. The van der Waals surface area contributed by atoms with Gasteiger partial charge in [0.15, 0.2) is 0 Å². The average molecular weight is 173 g/mol. The average Bonchev–Trinajstić information content (AvgIpc) is 2.06. The molecule has 0 aliphatic rings. The number of rotatable bonds is 6. The number of ether oxygens (including phenoxy) is 1. The lowest BCUT2D eigenvalue weighted by Gasteiger charge is -2.28. The molecule has 1 N–H and O–H groups in total. The summed E-state index contributed by atoms with van der Waals surface area (Å²) in [5, 5.41) is 3.31. The van der Waals surface area contributed by atoms with E-state index >= 15 is 0 Å². The quantitative estimate of drug-likeness (QED) is 0.663. The summed E-state index contributed by atoms with van der Waals surface area (Å²) in [5.41, 5.74) is 0. The van der Waals surface area contributed by atoms with Crippen molar-refractivity contribution in [2.45, 2.75) is 45.8 Å². The lowest BCUT2D eigenvalue weighted by molar-refractivity contribution is 0.0653. The van der Waals surface area contributed by atoms with Gasteiger partial charge in [-0.05, 0) is 26.3 Å². The van der Waals surface area contributed by atoms with Gasteiger partial charge in [-0.25, -0.2) is 0 Å². The highest BCUT2D eigenvalue weighted by Gasteiger charge is 2.20. The summed E-state index contributed by atoms with van der Waals surface area (Å²) in [6.45, 7) is 6.62. The van der Waals surface area contributed by atoms with Crippen molar-refractivity contribution >= 4 is 0 Å². The predicted octanol–water partition coefficient (Wildman–Crippen LogP) is 2.05. The van der Waals surface area contributed by atoms with Crippen LogP contribution >= 0.6 is 0 Å². The van der Waals surface area contributed by atoms with Gasteiger partial charge >= 0.3 is 0 Å². The van der Waals surface area contributed by atoms with Crippen molar-refractivity contribution < 1.29 is 4.74 Å². The van der Waals surface area contributed by atoms with Crippen molar-refractivity contribution in [3.63, 3.8) is 0 Å². The lowest BCUT2D eigenvalue weighted by Crippen LogP contribution is -2.42. The van der Waals surface area contributed by atoms with Crippen molar-refractivity contribution in [1.82, 2.24) is 5.32 Å². The van der Waals surface area contributed by atoms with Crippen LogP contribution in [0.4, 0.5) is 0 Å². The maximum atomic E-state index is 5.31. The fourth-order valence-corrected chi connectivity index (χ4v) is 1.76. The lowest BCUT2D eigenvalue weighted by atomic mass is 9.93. The molecule has 0 aromatic carbocycles. The first kappa shape index (κ1) is 11.9. The molecule has 0 aliphatic carbocycles. The highest BCUT2D eigenvalue weighted by atomic mass is 16.5. The molecule has 0 radical (unpaired) electrons. The molecule has 0 spiro atoms. The van der Waals surface area contributed by atoms with E-state index in [2.05, 4.69) is 26.1 Å². The molecular formula is C10H23NO. The van der Waals surface area contributed by atoms with Gasteiger partial charge in [0.25, 0.3) is 0 Å². The Hall–Kier alpha value is -0.0800. The van der Waals surface area contributed by atoms with Gasteiger partial charge in [-0.1, -0.05) is 20.3 Å². The molecule has 3 atom stereocenters. The monoisotopic (exact) mass is 173 g/mol. The van der Waals surface area contributed by atoms with E-state index in [9.17, 15) is 0 Å². The molecule has 0 aliphatic heterocycles. The summed E-state index contributed by atoms with van der Waals surface area (Å²) in [5.74, 6) is 0.690. The number of nitrogens with one attached hydrogen (secondary N) is 1. The zero-order valence-corrected chi connectivity index (χ0v) is 9.05. The van der Waals surface area contributed by atoms with Crippen LogP contribution in [0, 0.1) is 5.92 Å². The van der Waals surface area contributed by atoms with Crippen LogP contribution in [0.15, 0.2) is 0 Å². The van der Waals surface area contributed by atoms with Crippen molar-refractivity contribution in [3.05, 3.63) is 0 Å². The standard InChI is InChI=1S/C10H23NO/c1-6-7-8(2)10(11-4)9(3)12-5/h8-11H,6-7H2,1-5H3. The maximum absolute atomic E-state index is 5.31. The fourth-order valence-electron chi connectivity index (χ4n) is 1.76. The number of likely N-dealkylation sites (N-methyl/N-ethyl adjacent to an activating group) is 1. The van der Waals surface area contributed by atoms with E-state index in [4.69, 9.17) is 4.74 Å². The third kappa shape index (κ3) is 3.55. The third-order valence-corrected chi connectivity index (χ3v) is 2.57. The van der Waals surface area contributed by atoms with Crippen molar-refractivity contribution in [3.8, 4) is 0 Å². The Labute approximate surface area is 76.7 Å². The highest BCUT2D eigenvalue weighted by molar-refractivity contribution is 4.77. The first-order valence-corrected chi connectivity index (χ1v) is 4.87. The molecule has 0 fully saturated rings. The van der Waals surface area contributed by atoms with E-state index in [0.717, 1.165) is 0 Å². The van der Waals surface area contributed by atoms with Gasteiger partial charge in [-0.15, -0.1) is 0 Å². The molecule has 3 unspecified atom stereocenters. The molecule has 0 amide bonds. The number of methoxy groups -OCH3 is 1. The molecule has 0 rings (SSSR count). The Kier molecular flexibility index (Phi) is 6.39. The van der Waals surface area contributed by atoms with Crippen LogP contribution < -0.4 is 5.32 Å². The zero-order valence-electron chi connectivity index (χ0n) is 9.05. The van der Waals surface area contributed by atoms with Crippen LogP contribution in [0.1, 0.15) is 33.6 Å². The van der Waals surface area contributed by atoms with Gasteiger partial charge in [0.2, 0.25) is 0 Å². The van der Waals surface area contributed by atoms with Gasteiger partial charge in [0.1, 0.15) is 0 Å². The first-order chi connectivity index (χ1) is 5.67. The van der Waals surface area contributed by atoms with Crippen LogP contribution in [-0.4, -0.2) is 26.3 Å². The SMILES string of the molecule is CCCC(C)C(NC)C(C)OC. The predicted molar refractivity (Wildman–Crippen MR) is 53.4 cm³/mol. The molecule has 0 saturated carbocycles. The molecule has 0 bridgehead atoms. The number of hydrogen-bond donors (Lipinski definition) is 1. The minimum absolute atomic E-state index is 0.302. The van der Waals surface area contributed by atoms with E-state index in [0.29, 0.717) is 18.1 Å². The zero-order chi connectivity index (χ0) is 9.56. The van der Waals surface area contributed by atoms with E-state index in [1.807, 2.05) is 7.05 Å². The Morgan fingerprint density at radius 3 is 2.25 bits per heavy atom. The van der Waals surface area contributed by atoms with Gasteiger partial charge in [-0.2, -0.15) is 0 Å². The molecule has 12 heavy (non-hydrogen) atoms. The first-order valence-electron chi connectivity index (χ1n) is 4.87. The van der Waals surface area contributed by atoms with Crippen LogP contribution in [0.3, 0.4) is 0 Å². The molecule has 0 aromatic heterocycles. The van der Waals surface area contributed by atoms with Gasteiger partial charge < -0.3 is 10.1 Å². The molecule has 0 heterocycles. The van der Waals surface area contributed by atoms with Gasteiger partial charge in [0, 0.05) is 13.2 Å². The largest absolute Gasteiger partial charge is 0.380 e. The third-order valence-electron chi connectivity index (χ3n) is 2.57. The molecule has 0 aromatic rings. The molecular weight excluding hydrogens is 150 g/mol. The second kappa shape index (κ2) is 6.44. The normalized spacial score (nSPS) is 18.8. The molecule has 2 heteroatoms. The minimum Gasteiger partial charge on any atom is -0.380 e. The van der Waals surface area contributed by atoms with E-state index in [1.165, 1.54) is 12.8 Å². The van der Waals surface area contributed by atoms with Crippen molar-refractivity contribution in [2.24, 2.45) is 5.92 Å². The minimum atomic E-state index is 0.302. The van der Waals surface area contributed by atoms with Crippen molar-refractivity contribution in [1.29, 1.82) is 0 Å². The fraction of sp³-hybridized carbons (Fsp3) is 1.00. The second-order valence-corrected chi connectivity index (χ2v) is 3.52. The van der Waals surface area contributed by atoms with Crippen molar-refractivity contribution in [2.75, 3.05) is 14.2 Å². The Morgan fingerprint density at radius 1 is 1.33 bits per heavy atom. The summed E-state index contributed by atoms with van der Waals surface area (Å²) in [6.07, 6.45) is 2.81. The molecule has 2 nitrogen and oxygen atoms in total. The number of hydrogen-bond acceptors (Lipinski definition) is 2. The van der Waals surface area contributed by atoms with Gasteiger partial charge in [0.05, 0.1) is 6.10 Å². The van der Waals surface area contributed by atoms with Crippen LogP contribution in [-0.2, 0) is 4.74 Å². The Balaban J connectivity index is 3.94. The summed E-state index contributed by atoms with van der Waals surface area (Å²) in [4.78, 5) is 0. The van der Waals surface area contributed by atoms with Crippen LogP contribution in [0.2, 0.25) is 0 Å². The summed E-state index contributed by atoms with van der Waals surface area (Å²) < 4.78 is 5.31. The Bertz CT molecular complexity index is 106. The van der Waals surface area contributed by atoms with E-state index < -0.39 is 0 Å². The summed E-state index contributed by atoms with van der Waals surface area (Å²) >= 11 is 0. The van der Waals surface area contributed by atoms with E-state index in [-0.39, 0.29) is 0 Å². The summed E-state index contributed by atoms with van der Waals surface area (Å²) in [6, 6.07) is 0.481. The Morgan fingerprint density at radius 2 is 1.92 bits per heavy atom. The van der Waals surface area contributed by atoms with Crippen LogP contribution in [0.5, 0.6) is 0 Å². The highest BCUT2D eigenvalue weighted by Crippen LogP contribution is 2.14. The van der Waals surface area contributed by atoms with Gasteiger partial charge in [-0.3, -0.25) is 0 Å². The van der Waals surface area contributed by atoms with E-state index in [1.54, 1.807) is 7.11 Å². The maximum Gasteiger partial charge on any atom is 0.0698 e. The molecule has 74 valence electrons. The summed E-state index contributed by atoms with van der Waals surface area (Å²) in [7, 11) is 3.78. The smallest absolute Gasteiger partial charge is 0.0698 e. The van der Waals surface area contributed by atoms with Crippen LogP contribution in [0.25, 0.3) is 0 Å².